The molecule has 0 fully saturated rings. The van der Waals surface area contributed by atoms with Crippen LogP contribution in [0.1, 0.15) is 18.5 Å². The summed E-state index contributed by atoms with van der Waals surface area (Å²) < 4.78 is 1.52. The van der Waals surface area contributed by atoms with Crippen LogP contribution < -0.4 is 10.6 Å². The highest BCUT2D eigenvalue weighted by Crippen LogP contribution is 2.10. The molecule has 8 nitrogen and oxygen atoms in total. The van der Waals surface area contributed by atoms with Crippen molar-refractivity contribution in [3.05, 3.63) is 11.9 Å². The first kappa shape index (κ1) is 13.7. The van der Waals surface area contributed by atoms with Crippen LogP contribution in [0.15, 0.2) is 6.20 Å². The summed E-state index contributed by atoms with van der Waals surface area (Å²) >= 11 is 0. The number of hydrogen-bond donors (Lipinski definition) is 3. The highest BCUT2D eigenvalue weighted by molar-refractivity contribution is 6.01. The minimum Gasteiger partial charge on any atom is -0.481 e. The maximum atomic E-state index is 11.4. The van der Waals surface area contributed by atoms with Crippen molar-refractivity contribution < 1.29 is 19.5 Å². The molecule has 0 radical (unpaired) electrons. The summed E-state index contributed by atoms with van der Waals surface area (Å²) in [6.45, 7) is 1.71. The number of carboxylic acid groups (broad SMARTS) is 1. The Morgan fingerprint density at radius 1 is 1.39 bits per heavy atom. The van der Waals surface area contributed by atoms with Gasteiger partial charge in [0, 0.05) is 19.7 Å². The number of amides is 3. The first-order chi connectivity index (χ1) is 8.38. The number of aromatic nitrogens is 2. The van der Waals surface area contributed by atoms with E-state index in [4.69, 9.17) is 5.11 Å². The van der Waals surface area contributed by atoms with Gasteiger partial charge in [-0.3, -0.25) is 19.6 Å². The third-order valence-electron chi connectivity index (χ3n) is 2.08. The zero-order chi connectivity index (χ0) is 13.7. The average molecular weight is 254 g/mol. The first-order valence-electron chi connectivity index (χ1n) is 5.21. The van der Waals surface area contributed by atoms with Gasteiger partial charge in [0.05, 0.1) is 17.8 Å². The molecule has 0 saturated carbocycles. The number of imide groups is 1. The topological polar surface area (TPSA) is 113 Å². The van der Waals surface area contributed by atoms with Gasteiger partial charge in [-0.25, -0.2) is 4.79 Å². The molecule has 0 bridgehead atoms. The average Bonchev–Trinajstić information content (AvgIpc) is 2.54. The van der Waals surface area contributed by atoms with Gasteiger partial charge < -0.3 is 10.4 Å². The Hall–Kier alpha value is -2.38. The van der Waals surface area contributed by atoms with Crippen LogP contribution in [-0.4, -0.2) is 32.8 Å². The molecule has 0 unspecified atom stereocenters. The van der Waals surface area contributed by atoms with E-state index < -0.39 is 17.9 Å². The normalized spacial score (nSPS) is 9.89. The van der Waals surface area contributed by atoms with Crippen molar-refractivity contribution in [2.24, 2.45) is 7.05 Å². The monoisotopic (exact) mass is 254 g/mol. The zero-order valence-electron chi connectivity index (χ0n) is 10.1. The number of aryl methyl sites for hydroxylation is 2. The quantitative estimate of drug-likeness (QED) is 0.712. The van der Waals surface area contributed by atoms with E-state index in [-0.39, 0.29) is 12.8 Å². The van der Waals surface area contributed by atoms with Crippen LogP contribution in [0.25, 0.3) is 0 Å². The SMILES string of the molecule is Cc1nn(C)cc1NC(=O)NC(=O)CCC(=O)O. The number of rotatable bonds is 4. The number of carbonyl (C=O) groups excluding carboxylic acids is 2. The van der Waals surface area contributed by atoms with Crippen LogP contribution in [0.3, 0.4) is 0 Å². The molecule has 8 heteroatoms. The summed E-state index contributed by atoms with van der Waals surface area (Å²) in [5, 5.41) is 16.9. The molecule has 3 amide bonds. The Morgan fingerprint density at radius 2 is 2.06 bits per heavy atom. The summed E-state index contributed by atoms with van der Waals surface area (Å²) in [6, 6.07) is -0.707. The fraction of sp³-hybridized carbons (Fsp3) is 0.400. The Kier molecular flexibility index (Phi) is 4.41. The number of urea groups is 1. The third kappa shape index (κ3) is 4.24. The van der Waals surface area contributed by atoms with Crippen LogP contribution in [0.4, 0.5) is 10.5 Å². The largest absolute Gasteiger partial charge is 0.481 e. The molecule has 0 aliphatic rings. The summed E-state index contributed by atoms with van der Waals surface area (Å²) in [5.74, 6) is -1.73. The van der Waals surface area contributed by atoms with Crippen LogP contribution in [-0.2, 0) is 16.6 Å². The molecule has 0 aromatic carbocycles. The second-order valence-corrected chi connectivity index (χ2v) is 3.70. The third-order valence-corrected chi connectivity index (χ3v) is 2.08. The molecule has 98 valence electrons. The molecule has 1 aromatic heterocycles. The highest BCUT2D eigenvalue weighted by Gasteiger charge is 2.11. The zero-order valence-corrected chi connectivity index (χ0v) is 10.1. The second kappa shape index (κ2) is 5.80. The highest BCUT2D eigenvalue weighted by atomic mass is 16.4. The molecule has 1 heterocycles. The smallest absolute Gasteiger partial charge is 0.325 e. The first-order valence-corrected chi connectivity index (χ1v) is 5.21. The lowest BCUT2D eigenvalue weighted by Crippen LogP contribution is -2.34. The van der Waals surface area contributed by atoms with E-state index in [2.05, 4.69) is 10.4 Å². The lowest BCUT2D eigenvalue weighted by atomic mass is 10.3. The number of nitrogens with one attached hydrogen (secondary N) is 2. The van der Waals surface area contributed by atoms with Gasteiger partial charge in [0.25, 0.3) is 0 Å². The number of carbonyl (C=O) groups is 3. The summed E-state index contributed by atoms with van der Waals surface area (Å²) in [7, 11) is 1.70. The van der Waals surface area contributed by atoms with Crippen molar-refractivity contribution in [3.63, 3.8) is 0 Å². The standard InChI is InChI=1S/C10H14N4O4/c1-6-7(5-14(2)13-6)11-10(18)12-8(15)3-4-9(16)17/h5H,3-4H2,1-2H3,(H,16,17)(H2,11,12,15,18). The van der Waals surface area contributed by atoms with Gasteiger partial charge in [0.2, 0.25) is 5.91 Å². The molecule has 0 atom stereocenters. The molecule has 1 rings (SSSR count). The number of aliphatic carboxylic acids is 1. The van der Waals surface area contributed by atoms with E-state index in [1.165, 1.54) is 4.68 Å². The number of anilines is 1. The summed E-state index contributed by atoms with van der Waals surface area (Å²) in [5.41, 5.74) is 1.10. The van der Waals surface area contributed by atoms with E-state index in [0.29, 0.717) is 11.4 Å². The van der Waals surface area contributed by atoms with Gasteiger partial charge in [0.15, 0.2) is 0 Å². The number of hydrogen-bond acceptors (Lipinski definition) is 4. The van der Waals surface area contributed by atoms with Gasteiger partial charge in [0.1, 0.15) is 0 Å². The maximum Gasteiger partial charge on any atom is 0.325 e. The maximum absolute atomic E-state index is 11.4. The van der Waals surface area contributed by atoms with Crippen molar-refractivity contribution in [2.45, 2.75) is 19.8 Å². The molecule has 0 aliphatic carbocycles. The Morgan fingerprint density at radius 3 is 2.56 bits per heavy atom. The van der Waals surface area contributed by atoms with Crippen LogP contribution >= 0.6 is 0 Å². The van der Waals surface area contributed by atoms with E-state index >= 15 is 0 Å². The van der Waals surface area contributed by atoms with Crippen molar-refractivity contribution >= 4 is 23.6 Å². The fourth-order valence-corrected chi connectivity index (χ4v) is 1.29. The number of carboxylic acids is 1. The Balaban J connectivity index is 2.44. The van der Waals surface area contributed by atoms with Crippen molar-refractivity contribution in [3.8, 4) is 0 Å². The molecular formula is C10H14N4O4. The van der Waals surface area contributed by atoms with Crippen LogP contribution in [0, 0.1) is 6.92 Å². The second-order valence-electron chi connectivity index (χ2n) is 3.70. The van der Waals surface area contributed by atoms with Gasteiger partial charge in [-0.1, -0.05) is 0 Å². The predicted octanol–water partition coefficient (Wildman–Crippen LogP) is 0.241. The molecule has 0 spiro atoms. The van der Waals surface area contributed by atoms with E-state index in [1.807, 2.05) is 5.32 Å². The van der Waals surface area contributed by atoms with Crippen LogP contribution in [0.5, 0.6) is 0 Å². The van der Waals surface area contributed by atoms with Gasteiger partial charge in [-0.05, 0) is 6.92 Å². The van der Waals surface area contributed by atoms with Crippen LogP contribution in [0.2, 0.25) is 0 Å². The van der Waals surface area contributed by atoms with Gasteiger partial charge in [-0.15, -0.1) is 0 Å². The molecular weight excluding hydrogens is 240 g/mol. The molecule has 0 saturated heterocycles. The van der Waals surface area contributed by atoms with E-state index in [9.17, 15) is 14.4 Å². The summed E-state index contributed by atoms with van der Waals surface area (Å²) in [6.07, 6.45) is 1.04. The Bertz CT molecular complexity index is 480. The van der Waals surface area contributed by atoms with Crippen molar-refractivity contribution in [1.29, 1.82) is 0 Å². The number of nitrogens with zero attached hydrogens (tertiary/aromatic N) is 2. The molecule has 18 heavy (non-hydrogen) atoms. The van der Waals surface area contributed by atoms with E-state index in [1.54, 1.807) is 20.2 Å². The van der Waals surface area contributed by atoms with Gasteiger partial charge in [-0.2, -0.15) is 5.10 Å². The molecule has 1 aromatic rings. The summed E-state index contributed by atoms with van der Waals surface area (Å²) in [4.78, 5) is 32.8. The molecule has 0 aliphatic heterocycles. The minimum absolute atomic E-state index is 0.241. The lowest BCUT2D eigenvalue weighted by Gasteiger charge is -2.04. The lowest BCUT2D eigenvalue weighted by molar-refractivity contribution is -0.138. The minimum atomic E-state index is -1.09. The Labute approximate surface area is 103 Å². The van der Waals surface area contributed by atoms with Crippen molar-refractivity contribution in [2.75, 3.05) is 5.32 Å². The van der Waals surface area contributed by atoms with E-state index in [0.717, 1.165) is 0 Å². The predicted molar refractivity (Wildman–Crippen MR) is 62.0 cm³/mol. The van der Waals surface area contributed by atoms with Gasteiger partial charge >= 0.3 is 12.0 Å². The fourth-order valence-electron chi connectivity index (χ4n) is 1.29. The van der Waals surface area contributed by atoms with Crippen molar-refractivity contribution in [1.82, 2.24) is 15.1 Å². The molecule has 3 N–H and O–H groups in total.